The Kier molecular flexibility index (Phi) is 7.32. The van der Waals surface area contributed by atoms with Crippen molar-refractivity contribution in [2.45, 2.75) is 38.5 Å². The highest BCUT2D eigenvalue weighted by atomic mass is 79.9. The molecule has 0 unspecified atom stereocenters. The molecule has 24 heavy (non-hydrogen) atoms. The van der Waals surface area contributed by atoms with Crippen molar-refractivity contribution in [1.82, 2.24) is 0 Å². The molecule has 2 aromatic rings. The Labute approximate surface area is 151 Å². The molecule has 3 nitrogen and oxygen atoms in total. The molecule has 0 spiro atoms. The van der Waals surface area contributed by atoms with E-state index in [9.17, 15) is 9.90 Å². The maximum Gasteiger partial charge on any atom is 0.133 e. The summed E-state index contributed by atoms with van der Waals surface area (Å²) in [5, 5.41) is 9.24. The van der Waals surface area contributed by atoms with Crippen LogP contribution in [0.1, 0.15) is 36.8 Å². The van der Waals surface area contributed by atoms with Gasteiger partial charge in [-0.2, -0.15) is 0 Å². The molecule has 0 aliphatic rings. The monoisotopic (exact) mass is 390 g/mol. The third-order valence-electron chi connectivity index (χ3n) is 4.02. The van der Waals surface area contributed by atoms with Gasteiger partial charge in [0.15, 0.2) is 0 Å². The molecule has 0 bridgehead atoms. The molecule has 0 amide bonds. The van der Waals surface area contributed by atoms with Crippen LogP contribution in [-0.2, 0) is 17.6 Å². The number of methoxy groups -OCH3 is 1. The van der Waals surface area contributed by atoms with Gasteiger partial charge in [0.25, 0.3) is 0 Å². The number of ether oxygens (including phenoxy) is 1. The number of carbonyl (C=O) groups excluding carboxylic acids is 1. The van der Waals surface area contributed by atoms with E-state index in [0.29, 0.717) is 18.6 Å². The Bertz CT molecular complexity index is 665. The molecule has 2 aromatic carbocycles. The Hall–Kier alpha value is -1.81. The quantitative estimate of drug-likeness (QED) is 0.607. The van der Waals surface area contributed by atoms with Crippen LogP contribution in [-0.4, -0.2) is 18.0 Å². The van der Waals surface area contributed by atoms with Gasteiger partial charge in [0.05, 0.1) is 11.6 Å². The molecule has 0 heterocycles. The van der Waals surface area contributed by atoms with Crippen LogP contribution in [0.25, 0.3) is 0 Å². The number of rotatable bonds is 9. The molecule has 2 rings (SSSR count). The zero-order chi connectivity index (χ0) is 17.4. The lowest BCUT2D eigenvalue weighted by molar-refractivity contribution is -0.119. The summed E-state index contributed by atoms with van der Waals surface area (Å²) >= 11 is 3.49. The number of phenolic OH excluding ortho intramolecular Hbond substituents is 1. The highest BCUT2D eigenvalue weighted by Crippen LogP contribution is 2.26. The van der Waals surface area contributed by atoms with Gasteiger partial charge >= 0.3 is 0 Å². The fraction of sp³-hybridized carbons (Fsp3) is 0.350. The molecule has 4 heteroatoms. The van der Waals surface area contributed by atoms with Gasteiger partial charge in [-0.3, -0.25) is 4.79 Å². The van der Waals surface area contributed by atoms with Crippen molar-refractivity contribution in [3.8, 4) is 11.5 Å². The lowest BCUT2D eigenvalue weighted by atomic mass is 10.0. The van der Waals surface area contributed by atoms with E-state index in [-0.39, 0.29) is 5.75 Å². The van der Waals surface area contributed by atoms with E-state index in [0.717, 1.165) is 41.5 Å². The van der Waals surface area contributed by atoms with Crippen LogP contribution in [0.5, 0.6) is 11.5 Å². The summed E-state index contributed by atoms with van der Waals surface area (Å²) in [6.07, 6.45) is 4.83. The number of ketones is 1. The number of unbranched alkanes of at least 4 members (excludes halogenated alkanes) is 1. The fourth-order valence-electron chi connectivity index (χ4n) is 2.59. The minimum absolute atomic E-state index is 0.259. The van der Waals surface area contributed by atoms with Crippen LogP contribution in [0, 0.1) is 0 Å². The predicted molar refractivity (Wildman–Crippen MR) is 99.7 cm³/mol. The Morgan fingerprint density at radius 2 is 1.71 bits per heavy atom. The number of aromatic hydroxyl groups is 1. The zero-order valence-electron chi connectivity index (χ0n) is 13.9. The molecular weight excluding hydrogens is 368 g/mol. The van der Waals surface area contributed by atoms with Gasteiger partial charge in [-0.25, -0.2) is 0 Å². The summed E-state index contributed by atoms with van der Waals surface area (Å²) in [5.74, 6) is 1.40. The first kappa shape index (κ1) is 18.5. The molecule has 128 valence electrons. The Morgan fingerprint density at radius 1 is 1.00 bits per heavy atom. The molecule has 0 atom stereocenters. The number of phenols is 1. The van der Waals surface area contributed by atoms with E-state index in [1.54, 1.807) is 19.2 Å². The number of hydrogen-bond acceptors (Lipinski definition) is 3. The standard InChI is InChI=1S/C20H23BrO3/c1-24-20-13-9-16(14-19(20)21)4-2-3-5-17(22)10-6-15-7-11-18(23)12-8-15/h7-9,11-14,23H,2-6,10H2,1H3. The molecule has 1 N–H and O–H groups in total. The number of carbonyl (C=O) groups is 1. The second-order valence-corrected chi connectivity index (χ2v) is 6.74. The lowest BCUT2D eigenvalue weighted by Gasteiger charge is -2.06. The fourth-order valence-corrected chi connectivity index (χ4v) is 3.18. The number of aryl methyl sites for hydroxylation is 2. The summed E-state index contributed by atoms with van der Waals surface area (Å²) < 4.78 is 6.19. The van der Waals surface area contributed by atoms with Crippen LogP contribution in [0.15, 0.2) is 46.9 Å². The van der Waals surface area contributed by atoms with Crippen LogP contribution < -0.4 is 4.74 Å². The molecule has 0 aromatic heterocycles. The number of halogens is 1. The zero-order valence-corrected chi connectivity index (χ0v) is 15.5. The van der Waals surface area contributed by atoms with Crippen molar-refractivity contribution in [2.75, 3.05) is 7.11 Å². The molecule has 0 aliphatic carbocycles. The smallest absolute Gasteiger partial charge is 0.133 e. The molecular formula is C20H23BrO3. The van der Waals surface area contributed by atoms with Crippen molar-refractivity contribution >= 4 is 21.7 Å². The minimum Gasteiger partial charge on any atom is -0.508 e. The Morgan fingerprint density at radius 3 is 2.38 bits per heavy atom. The average molecular weight is 391 g/mol. The molecule has 0 saturated carbocycles. The van der Waals surface area contributed by atoms with Crippen molar-refractivity contribution in [1.29, 1.82) is 0 Å². The molecule has 0 saturated heterocycles. The van der Waals surface area contributed by atoms with Crippen LogP contribution in [0.2, 0.25) is 0 Å². The van der Waals surface area contributed by atoms with E-state index < -0.39 is 0 Å². The maximum absolute atomic E-state index is 12.0. The van der Waals surface area contributed by atoms with Gasteiger partial charge in [-0.1, -0.05) is 18.2 Å². The van der Waals surface area contributed by atoms with Gasteiger partial charge in [0.1, 0.15) is 17.3 Å². The minimum atomic E-state index is 0.259. The van der Waals surface area contributed by atoms with Gasteiger partial charge in [-0.05, 0) is 77.0 Å². The van der Waals surface area contributed by atoms with Crippen molar-refractivity contribution in [2.24, 2.45) is 0 Å². The summed E-state index contributed by atoms with van der Waals surface area (Å²) in [4.78, 5) is 12.0. The van der Waals surface area contributed by atoms with Gasteiger partial charge in [0, 0.05) is 12.8 Å². The summed E-state index contributed by atoms with van der Waals surface area (Å²) in [6.45, 7) is 0. The highest BCUT2D eigenvalue weighted by Gasteiger charge is 2.05. The first-order valence-corrected chi connectivity index (χ1v) is 9.00. The van der Waals surface area contributed by atoms with Crippen molar-refractivity contribution < 1.29 is 14.6 Å². The highest BCUT2D eigenvalue weighted by molar-refractivity contribution is 9.10. The van der Waals surface area contributed by atoms with Gasteiger partial charge in [0.2, 0.25) is 0 Å². The van der Waals surface area contributed by atoms with Gasteiger partial charge < -0.3 is 9.84 Å². The van der Waals surface area contributed by atoms with E-state index in [4.69, 9.17) is 4.74 Å². The number of hydrogen-bond donors (Lipinski definition) is 1. The van der Waals surface area contributed by atoms with E-state index >= 15 is 0 Å². The number of benzene rings is 2. The maximum atomic E-state index is 12.0. The SMILES string of the molecule is COc1ccc(CCCCC(=O)CCc2ccc(O)cc2)cc1Br. The first-order valence-electron chi connectivity index (χ1n) is 8.20. The average Bonchev–Trinajstić information content (AvgIpc) is 2.58. The van der Waals surface area contributed by atoms with E-state index in [1.165, 1.54) is 5.56 Å². The molecule has 0 radical (unpaired) electrons. The van der Waals surface area contributed by atoms with Gasteiger partial charge in [-0.15, -0.1) is 0 Å². The second-order valence-electron chi connectivity index (χ2n) is 5.88. The predicted octanol–water partition coefficient (Wildman–Crippen LogP) is 5.08. The van der Waals surface area contributed by atoms with Crippen molar-refractivity contribution in [3.05, 3.63) is 58.1 Å². The summed E-state index contributed by atoms with van der Waals surface area (Å²) in [5.41, 5.74) is 2.34. The van der Waals surface area contributed by atoms with E-state index in [1.807, 2.05) is 18.2 Å². The first-order chi connectivity index (χ1) is 11.6. The third-order valence-corrected chi connectivity index (χ3v) is 4.64. The summed E-state index contributed by atoms with van der Waals surface area (Å²) in [7, 11) is 1.66. The van der Waals surface area contributed by atoms with Crippen molar-refractivity contribution in [3.63, 3.8) is 0 Å². The molecule has 0 fully saturated rings. The summed E-state index contributed by atoms with van der Waals surface area (Å²) in [6, 6.07) is 13.2. The van der Waals surface area contributed by atoms with Crippen LogP contribution >= 0.6 is 15.9 Å². The lowest BCUT2D eigenvalue weighted by Crippen LogP contribution is -2.00. The third kappa shape index (κ3) is 6.00. The topological polar surface area (TPSA) is 46.5 Å². The second kappa shape index (κ2) is 9.48. The normalized spacial score (nSPS) is 10.6. The molecule has 0 aliphatic heterocycles. The van der Waals surface area contributed by atoms with Crippen LogP contribution in [0.4, 0.5) is 0 Å². The Balaban J connectivity index is 1.65. The largest absolute Gasteiger partial charge is 0.508 e. The number of Topliss-reactive ketones (excluding diaryl/α,β-unsaturated/α-hetero) is 1. The van der Waals surface area contributed by atoms with E-state index in [2.05, 4.69) is 28.1 Å². The van der Waals surface area contributed by atoms with Crippen LogP contribution in [0.3, 0.4) is 0 Å².